The third-order valence-corrected chi connectivity index (χ3v) is 4.57. The molecule has 0 unspecified atom stereocenters. The Labute approximate surface area is 168 Å². The minimum Gasteiger partial charge on any atom is -0.412 e. The van der Waals surface area contributed by atoms with E-state index >= 15 is 0 Å². The summed E-state index contributed by atoms with van der Waals surface area (Å²) >= 11 is 12.5. The van der Waals surface area contributed by atoms with Crippen LogP contribution in [0.25, 0.3) is 22.2 Å². The lowest BCUT2D eigenvalue weighted by atomic mass is 10.1. The third kappa shape index (κ3) is 3.23. The zero-order valence-corrected chi connectivity index (χ0v) is 15.9. The van der Waals surface area contributed by atoms with Crippen molar-refractivity contribution in [1.29, 1.82) is 0 Å². The van der Waals surface area contributed by atoms with Crippen LogP contribution in [0.1, 0.15) is 0 Å². The van der Waals surface area contributed by atoms with Gasteiger partial charge < -0.3 is 10.2 Å². The molecular weight excluding hydrogens is 403 g/mol. The Hall–Kier alpha value is -3.23. The molecule has 0 atom stereocenters. The summed E-state index contributed by atoms with van der Waals surface area (Å²) in [7, 11) is 1.37. The third-order valence-electron chi connectivity index (χ3n) is 3.94. The molecule has 140 valence electrons. The number of fused-ring (bicyclic) bond motifs is 1. The van der Waals surface area contributed by atoms with Gasteiger partial charge >= 0.3 is 0 Å². The van der Waals surface area contributed by atoms with E-state index < -0.39 is 5.56 Å². The molecule has 0 fully saturated rings. The number of benzene rings is 1. The Bertz CT molecular complexity index is 1210. The minimum absolute atomic E-state index is 0.250. The molecule has 0 spiro atoms. The first-order chi connectivity index (χ1) is 13.6. The van der Waals surface area contributed by atoms with Crippen LogP contribution >= 0.6 is 23.2 Å². The molecule has 0 saturated carbocycles. The summed E-state index contributed by atoms with van der Waals surface area (Å²) in [6, 6.07) is 8.33. The average molecular weight is 415 g/mol. The van der Waals surface area contributed by atoms with Gasteiger partial charge in [0, 0.05) is 23.3 Å². The van der Waals surface area contributed by atoms with Crippen molar-refractivity contribution in [1.82, 2.24) is 24.7 Å². The highest BCUT2D eigenvalue weighted by Gasteiger charge is 2.18. The second kappa shape index (κ2) is 7.41. The molecule has 0 aliphatic carbocycles. The van der Waals surface area contributed by atoms with Gasteiger partial charge in [0.2, 0.25) is 5.95 Å². The second-order valence-electron chi connectivity index (χ2n) is 5.63. The Balaban J connectivity index is 1.89. The number of nitrogens with one attached hydrogen (secondary N) is 1. The molecule has 1 aromatic carbocycles. The fraction of sp³-hybridized carbons (Fsp3) is 0.0556. The van der Waals surface area contributed by atoms with Crippen molar-refractivity contribution < 1.29 is 4.84 Å². The maximum atomic E-state index is 13.0. The van der Waals surface area contributed by atoms with Crippen LogP contribution in [0.5, 0.6) is 0 Å². The summed E-state index contributed by atoms with van der Waals surface area (Å²) in [5.41, 5.74) is 0.541. The van der Waals surface area contributed by atoms with Gasteiger partial charge in [-0.15, -0.1) is 4.73 Å². The quantitative estimate of drug-likeness (QED) is 0.546. The molecule has 28 heavy (non-hydrogen) atoms. The maximum Gasteiger partial charge on any atom is 0.293 e. The summed E-state index contributed by atoms with van der Waals surface area (Å²) in [4.78, 5) is 34.8. The van der Waals surface area contributed by atoms with Crippen molar-refractivity contribution in [2.45, 2.75) is 0 Å². The van der Waals surface area contributed by atoms with Crippen molar-refractivity contribution in [2.24, 2.45) is 0 Å². The number of pyridine rings is 1. The fourth-order valence-electron chi connectivity index (χ4n) is 2.71. The number of rotatable bonds is 4. The minimum atomic E-state index is -0.448. The molecule has 0 saturated heterocycles. The predicted molar refractivity (Wildman–Crippen MR) is 107 cm³/mol. The Morgan fingerprint density at radius 2 is 1.93 bits per heavy atom. The molecule has 0 radical (unpaired) electrons. The van der Waals surface area contributed by atoms with E-state index in [-0.39, 0.29) is 17.2 Å². The van der Waals surface area contributed by atoms with Crippen molar-refractivity contribution in [3.63, 3.8) is 0 Å². The van der Waals surface area contributed by atoms with E-state index in [1.165, 1.54) is 13.4 Å². The molecule has 3 heterocycles. The lowest BCUT2D eigenvalue weighted by molar-refractivity contribution is 0.168. The molecule has 10 heteroatoms. The van der Waals surface area contributed by atoms with Crippen LogP contribution in [-0.2, 0) is 0 Å². The van der Waals surface area contributed by atoms with Crippen LogP contribution in [0.3, 0.4) is 0 Å². The lowest BCUT2D eigenvalue weighted by Crippen LogP contribution is -2.27. The summed E-state index contributed by atoms with van der Waals surface area (Å²) in [5.74, 6) is 0.764. The first kappa shape index (κ1) is 18.1. The average Bonchev–Trinajstić information content (AvgIpc) is 2.69. The van der Waals surface area contributed by atoms with Gasteiger partial charge in [-0.1, -0.05) is 29.3 Å². The zero-order valence-electron chi connectivity index (χ0n) is 14.4. The van der Waals surface area contributed by atoms with Gasteiger partial charge in [-0.25, -0.2) is 15.0 Å². The molecule has 4 rings (SSSR count). The summed E-state index contributed by atoms with van der Waals surface area (Å²) in [5, 5.41) is 4.23. The Morgan fingerprint density at radius 3 is 2.61 bits per heavy atom. The molecule has 1 N–H and O–H groups in total. The van der Waals surface area contributed by atoms with E-state index in [1.54, 1.807) is 42.7 Å². The molecular formula is C18H12Cl2N6O2. The van der Waals surface area contributed by atoms with E-state index in [4.69, 9.17) is 28.0 Å². The number of anilines is 2. The summed E-state index contributed by atoms with van der Waals surface area (Å²) in [6.07, 6.45) is 4.55. The molecule has 4 aromatic rings. The van der Waals surface area contributed by atoms with Crippen molar-refractivity contribution in [3.8, 4) is 11.1 Å². The lowest BCUT2D eigenvalue weighted by Gasteiger charge is -2.13. The Kier molecular flexibility index (Phi) is 4.81. The van der Waals surface area contributed by atoms with Crippen LogP contribution < -0.4 is 15.7 Å². The van der Waals surface area contributed by atoms with Gasteiger partial charge in [0.1, 0.15) is 19.3 Å². The smallest absolute Gasteiger partial charge is 0.293 e. The van der Waals surface area contributed by atoms with Gasteiger partial charge in [0.25, 0.3) is 5.56 Å². The van der Waals surface area contributed by atoms with E-state index in [0.29, 0.717) is 26.8 Å². The van der Waals surface area contributed by atoms with Gasteiger partial charge in [-0.2, -0.15) is 4.98 Å². The van der Waals surface area contributed by atoms with Gasteiger partial charge in [-0.05, 0) is 24.3 Å². The first-order valence-electron chi connectivity index (χ1n) is 8.03. The van der Waals surface area contributed by atoms with E-state index in [9.17, 15) is 4.79 Å². The maximum absolute atomic E-state index is 13.0. The van der Waals surface area contributed by atoms with Gasteiger partial charge in [-0.3, -0.25) is 4.79 Å². The van der Waals surface area contributed by atoms with Crippen LogP contribution in [-0.4, -0.2) is 31.8 Å². The standard InChI is InChI=1S/C18H12Cl2N6O2/c1-28-26-16-10(8-22-18(25-16)24-14-5-6-21-9-23-14)7-11(17(26)27)15-12(19)3-2-4-13(15)20/h2-9H,1H3,(H,21,22,23,24,25). The van der Waals surface area contributed by atoms with Crippen molar-refractivity contribution >= 4 is 46.0 Å². The second-order valence-corrected chi connectivity index (χ2v) is 6.44. The molecule has 0 amide bonds. The molecule has 0 aliphatic rings. The number of hydrogen-bond acceptors (Lipinski definition) is 7. The SMILES string of the molecule is COn1c(=O)c(-c2c(Cl)cccc2Cl)cc2cnc(Nc3ccncn3)nc21. The molecule has 0 bridgehead atoms. The van der Waals surface area contributed by atoms with Crippen LogP contribution in [0.15, 0.2) is 53.8 Å². The first-order valence-corrected chi connectivity index (χ1v) is 8.79. The summed E-state index contributed by atoms with van der Waals surface area (Å²) < 4.78 is 1.07. The molecule has 3 aromatic heterocycles. The number of hydrogen-bond donors (Lipinski definition) is 1. The van der Waals surface area contributed by atoms with Crippen molar-refractivity contribution in [3.05, 3.63) is 69.5 Å². The summed E-state index contributed by atoms with van der Waals surface area (Å²) in [6.45, 7) is 0. The highest BCUT2D eigenvalue weighted by molar-refractivity contribution is 6.39. The van der Waals surface area contributed by atoms with E-state index in [1.807, 2.05) is 0 Å². The molecule has 8 nitrogen and oxygen atoms in total. The normalized spacial score (nSPS) is 10.8. The van der Waals surface area contributed by atoms with Gasteiger partial charge in [0.05, 0.1) is 15.6 Å². The predicted octanol–water partition coefficient (Wildman–Crippen LogP) is 3.36. The van der Waals surface area contributed by atoms with Crippen LogP contribution in [0.2, 0.25) is 10.0 Å². The fourth-order valence-corrected chi connectivity index (χ4v) is 3.31. The van der Waals surface area contributed by atoms with E-state index in [2.05, 4.69) is 25.3 Å². The zero-order chi connectivity index (χ0) is 19.7. The van der Waals surface area contributed by atoms with Crippen LogP contribution in [0.4, 0.5) is 11.8 Å². The number of halogens is 2. The number of nitrogens with zero attached hydrogens (tertiary/aromatic N) is 5. The van der Waals surface area contributed by atoms with Crippen molar-refractivity contribution in [2.75, 3.05) is 12.4 Å². The van der Waals surface area contributed by atoms with E-state index in [0.717, 1.165) is 4.73 Å². The van der Waals surface area contributed by atoms with Gasteiger partial charge in [0.15, 0.2) is 5.65 Å². The highest BCUT2D eigenvalue weighted by atomic mass is 35.5. The topological polar surface area (TPSA) is 94.8 Å². The molecule has 0 aliphatic heterocycles. The largest absolute Gasteiger partial charge is 0.412 e. The highest BCUT2D eigenvalue weighted by Crippen LogP contribution is 2.33. The monoisotopic (exact) mass is 414 g/mol. The van der Waals surface area contributed by atoms with Crippen LogP contribution in [0, 0.1) is 0 Å². The number of aromatic nitrogens is 5. The Morgan fingerprint density at radius 1 is 1.14 bits per heavy atom.